The van der Waals surface area contributed by atoms with Gasteiger partial charge in [0.2, 0.25) is 0 Å². The molecule has 1 saturated carbocycles. The Kier molecular flexibility index (Phi) is 2.28. The van der Waals surface area contributed by atoms with Gasteiger partial charge >= 0.3 is 0 Å². The van der Waals surface area contributed by atoms with Gasteiger partial charge in [0.25, 0.3) is 0 Å². The Morgan fingerprint density at radius 3 is 2.75 bits per heavy atom. The second kappa shape index (κ2) is 3.78. The van der Waals surface area contributed by atoms with E-state index in [1.165, 1.54) is 18.2 Å². The Morgan fingerprint density at radius 1 is 1.12 bits per heavy atom. The number of nitrogens with one attached hydrogen (secondary N) is 1. The second-order valence-corrected chi connectivity index (χ2v) is 4.81. The van der Waals surface area contributed by atoms with Crippen LogP contribution >= 0.6 is 0 Å². The number of benzene rings is 1. The molecule has 1 aliphatic carbocycles. The van der Waals surface area contributed by atoms with Gasteiger partial charge in [-0.05, 0) is 37.0 Å². The molecule has 0 bridgehead atoms. The second-order valence-electron chi connectivity index (χ2n) is 4.81. The highest BCUT2D eigenvalue weighted by atomic mass is 15.0. The third kappa shape index (κ3) is 1.75. The van der Waals surface area contributed by atoms with Gasteiger partial charge in [-0.2, -0.15) is 0 Å². The van der Waals surface area contributed by atoms with Crippen LogP contribution in [0.2, 0.25) is 0 Å². The van der Waals surface area contributed by atoms with Gasteiger partial charge in [0.1, 0.15) is 5.82 Å². The van der Waals surface area contributed by atoms with Gasteiger partial charge < -0.3 is 5.32 Å². The van der Waals surface area contributed by atoms with E-state index in [4.69, 9.17) is 0 Å². The fraction of sp³-hybridized carbons (Fsp3) is 0.357. The zero-order valence-electron chi connectivity index (χ0n) is 9.48. The summed E-state index contributed by atoms with van der Waals surface area (Å²) in [6.07, 6.45) is 2.54. The van der Waals surface area contributed by atoms with E-state index in [9.17, 15) is 0 Å². The minimum absolute atomic E-state index is 0.628. The minimum atomic E-state index is 0.628. The quantitative estimate of drug-likeness (QED) is 0.824. The third-order valence-electron chi connectivity index (χ3n) is 3.32. The van der Waals surface area contributed by atoms with Crippen molar-refractivity contribution in [3.63, 3.8) is 0 Å². The number of hydrogen-bond donors (Lipinski definition) is 1. The Hall–Kier alpha value is -1.57. The Labute approximate surface area is 95.7 Å². The van der Waals surface area contributed by atoms with Crippen molar-refractivity contribution < 1.29 is 0 Å². The van der Waals surface area contributed by atoms with Crippen LogP contribution in [0, 0.1) is 5.92 Å². The van der Waals surface area contributed by atoms with E-state index in [1.54, 1.807) is 0 Å². The highest BCUT2D eigenvalue weighted by molar-refractivity contribution is 5.80. The van der Waals surface area contributed by atoms with Gasteiger partial charge in [0.15, 0.2) is 0 Å². The lowest BCUT2D eigenvalue weighted by molar-refractivity contribution is 0.308. The first-order valence-corrected chi connectivity index (χ1v) is 5.93. The number of para-hydroxylation sites is 1. The van der Waals surface area contributed by atoms with Crippen LogP contribution < -0.4 is 5.32 Å². The summed E-state index contributed by atoms with van der Waals surface area (Å²) in [5.41, 5.74) is 1.07. The lowest BCUT2D eigenvalue weighted by Gasteiger charge is -2.33. The molecule has 0 aliphatic heterocycles. The number of pyridine rings is 1. The number of anilines is 1. The van der Waals surface area contributed by atoms with E-state index in [1.807, 2.05) is 12.1 Å². The molecule has 1 N–H and O–H groups in total. The highest BCUT2D eigenvalue weighted by Gasteiger charge is 2.25. The molecular weight excluding hydrogens is 196 g/mol. The van der Waals surface area contributed by atoms with Gasteiger partial charge in [0.05, 0.1) is 5.52 Å². The molecule has 0 atom stereocenters. The minimum Gasteiger partial charge on any atom is -0.367 e. The van der Waals surface area contributed by atoms with E-state index in [0.29, 0.717) is 6.04 Å². The summed E-state index contributed by atoms with van der Waals surface area (Å²) in [5.74, 6) is 1.88. The molecule has 82 valence electrons. The molecule has 2 heteroatoms. The van der Waals surface area contributed by atoms with Crippen molar-refractivity contribution in [2.75, 3.05) is 5.32 Å². The van der Waals surface area contributed by atoms with Crippen LogP contribution in [0.5, 0.6) is 0 Å². The SMILES string of the molecule is CC1CC(Nc2ccc3ccccc3n2)C1. The average molecular weight is 212 g/mol. The van der Waals surface area contributed by atoms with E-state index in [0.717, 1.165) is 17.3 Å². The summed E-state index contributed by atoms with van der Waals surface area (Å²) >= 11 is 0. The first-order chi connectivity index (χ1) is 7.81. The molecule has 3 rings (SSSR count). The first-order valence-electron chi connectivity index (χ1n) is 5.93. The van der Waals surface area contributed by atoms with Gasteiger partial charge in [-0.25, -0.2) is 4.98 Å². The zero-order valence-corrected chi connectivity index (χ0v) is 9.48. The lowest BCUT2D eigenvalue weighted by Crippen LogP contribution is -2.34. The smallest absolute Gasteiger partial charge is 0.126 e. The van der Waals surface area contributed by atoms with Crippen LogP contribution in [0.1, 0.15) is 19.8 Å². The van der Waals surface area contributed by atoms with Crippen molar-refractivity contribution in [1.29, 1.82) is 0 Å². The summed E-state index contributed by atoms with van der Waals surface area (Å²) in [5, 5.41) is 4.69. The predicted molar refractivity (Wildman–Crippen MR) is 67.6 cm³/mol. The molecule has 0 amide bonds. The van der Waals surface area contributed by atoms with Crippen LogP contribution in [0.25, 0.3) is 10.9 Å². The summed E-state index contributed by atoms with van der Waals surface area (Å²) in [7, 11) is 0. The molecule has 0 spiro atoms. The monoisotopic (exact) mass is 212 g/mol. The molecule has 1 aromatic heterocycles. The third-order valence-corrected chi connectivity index (χ3v) is 3.32. The van der Waals surface area contributed by atoms with Gasteiger partial charge in [-0.15, -0.1) is 0 Å². The maximum absolute atomic E-state index is 4.61. The van der Waals surface area contributed by atoms with Crippen molar-refractivity contribution >= 4 is 16.7 Å². The van der Waals surface area contributed by atoms with Crippen molar-refractivity contribution in [3.8, 4) is 0 Å². The molecule has 2 aromatic rings. The van der Waals surface area contributed by atoms with E-state index in [2.05, 4.69) is 41.5 Å². The largest absolute Gasteiger partial charge is 0.367 e. The van der Waals surface area contributed by atoms with Crippen LogP contribution in [-0.4, -0.2) is 11.0 Å². The Bertz CT molecular complexity index is 501. The summed E-state index contributed by atoms with van der Waals surface area (Å²) in [6, 6.07) is 13.1. The van der Waals surface area contributed by atoms with Gasteiger partial charge in [-0.3, -0.25) is 0 Å². The molecule has 0 saturated heterocycles. The van der Waals surface area contributed by atoms with Gasteiger partial charge in [-0.1, -0.05) is 25.1 Å². The van der Waals surface area contributed by atoms with Crippen molar-refractivity contribution in [2.45, 2.75) is 25.8 Å². The number of hydrogen-bond acceptors (Lipinski definition) is 2. The zero-order chi connectivity index (χ0) is 11.0. The highest BCUT2D eigenvalue weighted by Crippen LogP contribution is 2.29. The fourth-order valence-corrected chi connectivity index (χ4v) is 2.38. The molecule has 0 unspecified atom stereocenters. The Morgan fingerprint density at radius 2 is 1.94 bits per heavy atom. The van der Waals surface area contributed by atoms with Gasteiger partial charge in [0, 0.05) is 11.4 Å². The maximum atomic E-state index is 4.61. The molecule has 1 fully saturated rings. The fourth-order valence-electron chi connectivity index (χ4n) is 2.38. The normalized spacial score (nSPS) is 24.1. The molecule has 16 heavy (non-hydrogen) atoms. The summed E-state index contributed by atoms with van der Waals surface area (Å²) in [4.78, 5) is 4.61. The number of nitrogens with zero attached hydrogens (tertiary/aromatic N) is 1. The molecule has 1 aliphatic rings. The molecule has 1 aromatic carbocycles. The number of aromatic nitrogens is 1. The number of fused-ring (bicyclic) bond motifs is 1. The first kappa shape index (κ1) is 9.64. The topological polar surface area (TPSA) is 24.9 Å². The molecule has 0 radical (unpaired) electrons. The van der Waals surface area contributed by atoms with E-state index in [-0.39, 0.29) is 0 Å². The lowest BCUT2D eigenvalue weighted by atomic mass is 9.82. The van der Waals surface area contributed by atoms with E-state index < -0.39 is 0 Å². The number of rotatable bonds is 2. The predicted octanol–water partition coefficient (Wildman–Crippen LogP) is 3.45. The van der Waals surface area contributed by atoms with Crippen molar-refractivity contribution in [3.05, 3.63) is 36.4 Å². The summed E-state index contributed by atoms with van der Waals surface area (Å²) in [6.45, 7) is 2.30. The molecular formula is C14H16N2. The van der Waals surface area contributed by atoms with E-state index >= 15 is 0 Å². The van der Waals surface area contributed by atoms with Crippen molar-refractivity contribution in [1.82, 2.24) is 4.98 Å². The molecule has 1 heterocycles. The van der Waals surface area contributed by atoms with Crippen LogP contribution in [0.4, 0.5) is 5.82 Å². The average Bonchev–Trinajstić information content (AvgIpc) is 2.27. The van der Waals surface area contributed by atoms with Crippen LogP contribution in [-0.2, 0) is 0 Å². The molecule has 2 nitrogen and oxygen atoms in total. The maximum Gasteiger partial charge on any atom is 0.126 e. The van der Waals surface area contributed by atoms with Crippen molar-refractivity contribution in [2.24, 2.45) is 5.92 Å². The van der Waals surface area contributed by atoms with Crippen LogP contribution in [0.15, 0.2) is 36.4 Å². The summed E-state index contributed by atoms with van der Waals surface area (Å²) < 4.78 is 0. The van der Waals surface area contributed by atoms with Crippen LogP contribution in [0.3, 0.4) is 0 Å². The Balaban J connectivity index is 1.82. The standard InChI is InChI=1S/C14H16N2/c1-10-8-12(9-10)15-14-7-6-11-4-2-3-5-13(11)16-14/h2-7,10,12H,8-9H2,1H3,(H,15,16).